The monoisotopic (exact) mass is 423 g/mol. The Bertz CT molecular complexity index is 693. The van der Waals surface area contributed by atoms with E-state index in [9.17, 15) is 15.3 Å². The molecular formula is C10H11Br2N5O4. The van der Waals surface area contributed by atoms with Crippen molar-refractivity contribution in [2.75, 3.05) is 12.3 Å². The van der Waals surface area contributed by atoms with E-state index < -0.39 is 21.5 Å². The Morgan fingerprint density at radius 2 is 2.19 bits per heavy atom. The predicted molar refractivity (Wildman–Crippen MR) is 78.2 cm³/mol. The minimum absolute atomic E-state index is 0.112. The molecule has 0 aliphatic carbocycles. The summed E-state index contributed by atoms with van der Waals surface area (Å²) in [6.07, 6.45) is -1.09. The van der Waals surface area contributed by atoms with Crippen LogP contribution in [-0.4, -0.2) is 56.9 Å². The van der Waals surface area contributed by atoms with Gasteiger partial charge in [-0.05, 0) is 0 Å². The van der Waals surface area contributed by atoms with Crippen LogP contribution < -0.4 is 5.73 Å². The SMILES string of the molecule is Nc1nc(O)c2ncc([C@@H]3O[C@H](CO)C(O)C3(Br)Br)n2n1. The van der Waals surface area contributed by atoms with Crippen molar-refractivity contribution in [2.45, 2.75) is 21.5 Å². The minimum atomic E-state index is -1.04. The van der Waals surface area contributed by atoms with Crippen molar-refractivity contribution in [3.63, 3.8) is 0 Å². The number of nitrogens with two attached hydrogens (primary N) is 1. The fourth-order valence-electron chi connectivity index (χ4n) is 2.23. The second kappa shape index (κ2) is 5.02. The molecule has 114 valence electrons. The molecule has 0 bridgehead atoms. The molecule has 0 amide bonds. The third-order valence-electron chi connectivity index (χ3n) is 3.24. The number of ether oxygens (including phenoxy) is 1. The molecule has 0 radical (unpaired) electrons. The van der Waals surface area contributed by atoms with Gasteiger partial charge in [-0.15, -0.1) is 5.10 Å². The van der Waals surface area contributed by atoms with E-state index in [4.69, 9.17) is 10.5 Å². The maximum atomic E-state index is 10.2. The van der Waals surface area contributed by atoms with Crippen LogP contribution in [-0.2, 0) is 4.74 Å². The van der Waals surface area contributed by atoms with Crippen LogP contribution in [0.2, 0.25) is 0 Å². The molecule has 1 aliphatic heterocycles. The second-order valence-electron chi connectivity index (χ2n) is 4.57. The zero-order valence-corrected chi connectivity index (χ0v) is 13.6. The lowest BCUT2D eigenvalue weighted by Crippen LogP contribution is -2.35. The normalized spacial score (nSPS) is 28.3. The van der Waals surface area contributed by atoms with E-state index in [-0.39, 0.29) is 24.1 Å². The molecule has 5 N–H and O–H groups in total. The van der Waals surface area contributed by atoms with Crippen molar-refractivity contribution in [3.05, 3.63) is 11.9 Å². The smallest absolute Gasteiger partial charge is 0.260 e. The Hall–Kier alpha value is -1.01. The number of aliphatic hydroxyl groups excluding tert-OH is 2. The summed E-state index contributed by atoms with van der Waals surface area (Å²) in [7, 11) is 0. The largest absolute Gasteiger partial charge is 0.491 e. The molecule has 0 spiro atoms. The third kappa shape index (κ3) is 2.19. The highest BCUT2D eigenvalue weighted by Gasteiger charge is 2.54. The zero-order chi connectivity index (χ0) is 15.4. The van der Waals surface area contributed by atoms with Crippen LogP contribution in [0.5, 0.6) is 5.88 Å². The maximum absolute atomic E-state index is 10.2. The van der Waals surface area contributed by atoms with E-state index in [1.165, 1.54) is 10.7 Å². The molecule has 11 heteroatoms. The van der Waals surface area contributed by atoms with Gasteiger partial charge in [-0.2, -0.15) is 4.98 Å². The van der Waals surface area contributed by atoms with Crippen molar-refractivity contribution >= 4 is 43.5 Å². The van der Waals surface area contributed by atoms with Crippen LogP contribution in [0.1, 0.15) is 11.8 Å². The number of alkyl halides is 2. The molecule has 2 aromatic heterocycles. The number of aromatic nitrogens is 4. The van der Waals surface area contributed by atoms with Gasteiger partial charge in [0.05, 0.1) is 18.5 Å². The first-order valence-corrected chi connectivity index (χ1v) is 7.47. The van der Waals surface area contributed by atoms with Gasteiger partial charge >= 0.3 is 0 Å². The Labute approximate surface area is 135 Å². The fourth-order valence-corrected chi connectivity index (χ4v) is 3.51. The summed E-state index contributed by atoms with van der Waals surface area (Å²) in [5.41, 5.74) is 6.06. The maximum Gasteiger partial charge on any atom is 0.260 e. The highest BCUT2D eigenvalue weighted by Crippen LogP contribution is 2.51. The van der Waals surface area contributed by atoms with Crippen LogP contribution in [0.3, 0.4) is 0 Å². The van der Waals surface area contributed by atoms with Gasteiger partial charge in [0.2, 0.25) is 11.6 Å². The summed E-state index contributed by atoms with van der Waals surface area (Å²) in [5.74, 6) is -0.494. The molecule has 21 heavy (non-hydrogen) atoms. The lowest BCUT2D eigenvalue weighted by atomic mass is 10.1. The molecule has 1 saturated heterocycles. The van der Waals surface area contributed by atoms with Crippen LogP contribution in [0, 0.1) is 0 Å². The third-order valence-corrected chi connectivity index (χ3v) is 5.01. The number of anilines is 1. The summed E-state index contributed by atoms with van der Waals surface area (Å²) in [6.45, 7) is -0.351. The fraction of sp³-hybridized carbons (Fsp3) is 0.500. The lowest BCUT2D eigenvalue weighted by Gasteiger charge is -2.23. The van der Waals surface area contributed by atoms with Crippen LogP contribution in [0.4, 0.5) is 5.95 Å². The highest BCUT2D eigenvalue weighted by atomic mass is 79.9. The van der Waals surface area contributed by atoms with Gasteiger partial charge in [-0.25, -0.2) is 9.50 Å². The molecule has 0 aromatic carbocycles. The average Bonchev–Trinajstić information content (AvgIpc) is 2.91. The Balaban J connectivity index is 2.13. The number of hydrogen-bond donors (Lipinski definition) is 4. The first-order valence-electron chi connectivity index (χ1n) is 5.88. The molecule has 9 nitrogen and oxygen atoms in total. The summed E-state index contributed by atoms with van der Waals surface area (Å²) in [5, 5.41) is 33.1. The molecular weight excluding hydrogens is 414 g/mol. The van der Waals surface area contributed by atoms with Crippen molar-refractivity contribution < 1.29 is 20.1 Å². The number of fused-ring (bicyclic) bond motifs is 1. The van der Waals surface area contributed by atoms with Crippen molar-refractivity contribution in [1.29, 1.82) is 0 Å². The number of hydrogen-bond acceptors (Lipinski definition) is 8. The van der Waals surface area contributed by atoms with Crippen LogP contribution in [0.25, 0.3) is 5.65 Å². The van der Waals surface area contributed by atoms with E-state index in [1.54, 1.807) is 0 Å². The van der Waals surface area contributed by atoms with Crippen LogP contribution >= 0.6 is 31.9 Å². The Morgan fingerprint density at radius 1 is 1.48 bits per heavy atom. The van der Waals surface area contributed by atoms with E-state index in [0.29, 0.717) is 5.69 Å². The van der Waals surface area contributed by atoms with Gasteiger partial charge in [0.25, 0.3) is 5.88 Å². The summed E-state index contributed by atoms with van der Waals surface area (Å²) in [6, 6.07) is 0. The number of aliphatic hydroxyl groups is 2. The summed E-state index contributed by atoms with van der Waals surface area (Å²) < 4.78 is 5.87. The van der Waals surface area contributed by atoms with Gasteiger partial charge in [0, 0.05) is 0 Å². The lowest BCUT2D eigenvalue weighted by molar-refractivity contribution is -0.0240. The van der Waals surface area contributed by atoms with Gasteiger partial charge in [0.1, 0.15) is 21.5 Å². The van der Waals surface area contributed by atoms with Gasteiger partial charge in [-0.3, -0.25) is 0 Å². The van der Waals surface area contributed by atoms with Crippen LogP contribution in [0.15, 0.2) is 6.20 Å². The number of aromatic hydroxyl groups is 1. The molecule has 1 aliphatic rings. The van der Waals surface area contributed by atoms with E-state index in [2.05, 4.69) is 46.9 Å². The standard InChI is InChI=1S/C10H11Br2N5O4/c11-10(12)5(19)4(2-18)21-6(10)3-1-14-7-8(20)15-9(13)16-17(3)7/h1,4-6,18-19H,2H2,(H3,13,15,16,20)/t4-,5?,6+/m1/s1. The number of halogens is 2. The summed E-state index contributed by atoms with van der Waals surface area (Å²) >= 11 is 6.70. The second-order valence-corrected chi connectivity index (χ2v) is 8.26. The quantitative estimate of drug-likeness (QED) is 0.481. The molecule has 1 fully saturated rings. The number of nitrogens with zero attached hydrogens (tertiary/aromatic N) is 4. The van der Waals surface area contributed by atoms with Gasteiger partial charge in [-0.1, -0.05) is 31.9 Å². The molecule has 3 atom stereocenters. The predicted octanol–water partition coefficient (Wildman–Crippen LogP) is -0.309. The molecule has 3 rings (SSSR count). The Kier molecular flexibility index (Phi) is 3.56. The molecule has 0 saturated carbocycles. The average molecular weight is 425 g/mol. The van der Waals surface area contributed by atoms with Crippen molar-refractivity contribution in [2.24, 2.45) is 0 Å². The van der Waals surface area contributed by atoms with E-state index in [0.717, 1.165) is 0 Å². The highest BCUT2D eigenvalue weighted by molar-refractivity contribution is 9.25. The minimum Gasteiger partial charge on any atom is -0.491 e. The van der Waals surface area contributed by atoms with Gasteiger partial charge in [0.15, 0.2) is 0 Å². The number of rotatable bonds is 2. The topological polar surface area (TPSA) is 139 Å². The van der Waals surface area contributed by atoms with Crippen molar-refractivity contribution in [3.8, 4) is 5.88 Å². The number of nitrogen functional groups attached to an aromatic ring is 1. The summed E-state index contributed by atoms with van der Waals surface area (Å²) in [4.78, 5) is 7.62. The first-order chi connectivity index (χ1) is 9.86. The molecule has 3 heterocycles. The van der Waals surface area contributed by atoms with Crippen molar-refractivity contribution in [1.82, 2.24) is 19.6 Å². The van der Waals surface area contributed by atoms with E-state index >= 15 is 0 Å². The Morgan fingerprint density at radius 3 is 2.81 bits per heavy atom. The van der Waals surface area contributed by atoms with Gasteiger partial charge < -0.3 is 25.8 Å². The molecule has 1 unspecified atom stereocenters. The first kappa shape index (κ1) is 14.9. The zero-order valence-electron chi connectivity index (χ0n) is 10.4. The number of imidazole rings is 1. The van der Waals surface area contributed by atoms with E-state index in [1.807, 2.05) is 0 Å². The molecule has 2 aromatic rings.